The number of hydrogen-bond acceptors (Lipinski definition) is 3. The molecular formula is C25H28N2O. The van der Waals surface area contributed by atoms with Crippen LogP contribution in [0.2, 0.25) is 0 Å². The Balaban J connectivity index is 1.43. The largest absolute Gasteiger partial charge is 0.392 e. The van der Waals surface area contributed by atoms with E-state index in [1.165, 1.54) is 30.6 Å². The van der Waals surface area contributed by atoms with Gasteiger partial charge in [-0.3, -0.25) is 4.98 Å². The van der Waals surface area contributed by atoms with Crippen LogP contribution in [0.3, 0.4) is 0 Å². The molecule has 2 aromatic carbocycles. The second-order valence-corrected chi connectivity index (χ2v) is 7.68. The number of nitrogens with zero attached hydrogens (tertiary/aromatic N) is 2. The quantitative estimate of drug-likeness (QED) is 0.683. The first-order valence-corrected chi connectivity index (χ1v) is 10.3. The standard InChI is InChI=1S/C25H28N2O/c28-19-21-11-13-22(14-12-21)24-9-4-10-25(26-24)23-8-5-16-27(18-23)17-15-20-6-2-1-3-7-20/h1-4,6-7,9-14,23,28H,5,8,15-19H2/t23-/m0/s1. The minimum atomic E-state index is 0.0780. The van der Waals surface area contributed by atoms with E-state index in [0.717, 1.165) is 36.3 Å². The molecule has 0 aliphatic carbocycles. The highest BCUT2D eigenvalue weighted by Crippen LogP contribution is 2.28. The maximum Gasteiger partial charge on any atom is 0.0705 e. The van der Waals surface area contributed by atoms with Gasteiger partial charge < -0.3 is 10.0 Å². The van der Waals surface area contributed by atoms with Crippen LogP contribution in [0, 0.1) is 0 Å². The van der Waals surface area contributed by atoms with E-state index in [1.54, 1.807) is 0 Å². The van der Waals surface area contributed by atoms with Gasteiger partial charge >= 0.3 is 0 Å². The van der Waals surface area contributed by atoms with Crippen molar-refractivity contribution in [1.29, 1.82) is 0 Å². The molecule has 0 unspecified atom stereocenters. The number of likely N-dealkylation sites (tertiary alicyclic amines) is 1. The van der Waals surface area contributed by atoms with Crippen molar-refractivity contribution < 1.29 is 5.11 Å². The molecule has 1 saturated heterocycles. The number of benzene rings is 2. The van der Waals surface area contributed by atoms with Gasteiger partial charge in [0.15, 0.2) is 0 Å². The summed E-state index contributed by atoms with van der Waals surface area (Å²) in [6.07, 6.45) is 3.55. The molecule has 28 heavy (non-hydrogen) atoms. The molecule has 144 valence electrons. The van der Waals surface area contributed by atoms with Crippen molar-refractivity contribution in [2.45, 2.75) is 31.8 Å². The smallest absolute Gasteiger partial charge is 0.0705 e. The molecular weight excluding hydrogens is 344 g/mol. The van der Waals surface area contributed by atoms with Crippen molar-refractivity contribution in [2.75, 3.05) is 19.6 Å². The van der Waals surface area contributed by atoms with Crippen molar-refractivity contribution >= 4 is 0 Å². The molecule has 4 rings (SSSR count). The van der Waals surface area contributed by atoms with Gasteiger partial charge in [-0.25, -0.2) is 0 Å². The third-order valence-corrected chi connectivity index (χ3v) is 5.69. The first-order valence-electron chi connectivity index (χ1n) is 10.3. The molecule has 0 spiro atoms. The number of hydrogen-bond donors (Lipinski definition) is 1. The number of aromatic nitrogens is 1. The van der Waals surface area contributed by atoms with Gasteiger partial charge in [-0.05, 0) is 49.1 Å². The minimum absolute atomic E-state index is 0.0780. The molecule has 3 aromatic rings. The Morgan fingerprint density at radius 2 is 1.71 bits per heavy atom. The van der Waals surface area contributed by atoms with Gasteiger partial charge in [-0.2, -0.15) is 0 Å². The van der Waals surface area contributed by atoms with Crippen LogP contribution < -0.4 is 0 Å². The zero-order valence-corrected chi connectivity index (χ0v) is 16.3. The van der Waals surface area contributed by atoms with Gasteiger partial charge in [-0.15, -0.1) is 0 Å². The van der Waals surface area contributed by atoms with E-state index in [9.17, 15) is 5.11 Å². The minimum Gasteiger partial charge on any atom is -0.392 e. The Labute approximate surface area is 167 Å². The van der Waals surface area contributed by atoms with Crippen LogP contribution in [0.25, 0.3) is 11.3 Å². The second kappa shape index (κ2) is 9.13. The topological polar surface area (TPSA) is 36.4 Å². The molecule has 2 heterocycles. The summed E-state index contributed by atoms with van der Waals surface area (Å²) >= 11 is 0. The van der Waals surface area contributed by atoms with Crippen molar-refractivity contribution in [3.8, 4) is 11.3 Å². The molecule has 1 atom stereocenters. The van der Waals surface area contributed by atoms with E-state index in [2.05, 4.69) is 53.4 Å². The average molecular weight is 373 g/mol. The van der Waals surface area contributed by atoms with E-state index in [1.807, 2.05) is 24.3 Å². The Hall–Kier alpha value is -2.49. The van der Waals surface area contributed by atoms with Crippen LogP contribution in [0.5, 0.6) is 0 Å². The molecule has 0 saturated carbocycles. The SMILES string of the molecule is OCc1ccc(-c2cccc([C@H]3CCCN(CCc4ccccc4)C3)n2)cc1. The summed E-state index contributed by atoms with van der Waals surface area (Å²) in [4.78, 5) is 7.57. The number of rotatable bonds is 6. The molecule has 0 bridgehead atoms. The van der Waals surface area contributed by atoms with Crippen LogP contribution in [-0.4, -0.2) is 34.6 Å². The number of pyridine rings is 1. The van der Waals surface area contributed by atoms with Crippen molar-refractivity contribution in [3.63, 3.8) is 0 Å². The van der Waals surface area contributed by atoms with Crippen molar-refractivity contribution in [2.24, 2.45) is 0 Å². The second-order valence-electron chi connectivity index (χ2n) is 7.68. The van der Waals surface area contributed by atoms with E-state index in [-0.39, 0.29) is 6.61 Å². The molecule has 1 N–H and O–H groups in total. The zero-order chi connectivity index (χ0) is 19.2. The highest BCUT2D eigenvalue weighted by molar-refractivity contribution is 5.59. The van der Waals surface area contributed by atoms with E-state index in [4.69, 9.17) is 4.98 Å². The summed E-state index contributed by atoms with van der Waals surface area (Å²) in [6, 6.07) is 25.2. The summed E-state index contributed by atoms with van der Waals surface area (Å²) < 4.78 is 0. The predicted molar refractivity (Wildman–Crippen MR) is 114 cm³/mol. The van der Waals surface area contributed by atoms with Gasteiger partial charge in [0.05, 0.1) is 12.3 Å². The lowest BCUT2D eigenvalue weighted by molar-refractivity contribution is 0.208. The third kappa shape index (κ3) is 4.67. The maximum absolute atomic E-state index is 9.23. The van der Waals surface area contributed by atoms with Crippen LogP contribution >= 0.6 is 0 Å². The normalized spacial score (nSPS) is 17.5. The predicted octanol–water partition coefficient (Wildman–Crippen LogP) is 4.66. The average Bonchev–Trinajstić information content (AvgIpc) is 2.79. The monoisotopic (exact) mass is 372 g/mol. The van der Waals surface area contributed by atoms with Gasteiger partial charge in [0.1, 0.15) is 0 Å². The summed E-state index contributed by atoms with van der Waals surface area (Å²) in [6.45, 7) is 3.47. The van der Waals surface area contributed by atoms with Crippen molar-refractivity contribution in [3.05, 3.63) is 89.6 Å². The summed E-state index contributed by atoms with van der Waals surface area (Å²) in [5.41, 5.74) is 5.67. The highest BCUT2D eigenvalue weighted by Gasteiger charge is 2.22. The molecule has 1 fully saturated rings. The van der Waals surface area contributed by atoms with Crippen LogP contribution in [0.4, 0.5) is 0 Å². The fourth-order valence-corrected chi connectivity index (χ4v) is 4.05. The fourth-order valence-electron chi connectivity index (χ4n) is 4.05. The van der Waals surface area contributed by atoms with Gasteiger partial charge in [0.2, 0.25) is 0 Å². The molecule has 1 aliphatic heterocycles. The molecule has 3 heteroatoms. The Morgan fingerprint density at radius 1 is 0.893 bits per heavy atom. The Morgan fingerprint density at radius 3 is 2.50 bits per heavy atom. The number of aliphatic hydroxyl groups excluding tert-OH is 1. The van der Waals surface area contributed by atoms with E-state index in [0.29, 0.717) is 5.92 Å². The zero-order valence-electron chi connectivity index (χ0n) is 16.3. The number of aliphatic hydroxyl groups is 1. The van der Waals surface area contributed by atoms with E-state index >= 15 is 0 Å². The first-order chi connectivity index (χ1) is 13.8. The lowest BCUT2D eigenvalue weighted by Gasteiger charge is -2.32. The Kier molecular flexibility index (Phi) is 6.15. The van der Waals surface area contributed by atoms with E-state index < -0.39 is 0 Å². The fraction of sp³-hybridized carbons (Fsp3) is 0.320. The Bertz CT molecular complexity index is 877. The first kappa shape index (κ1) is 18.9. The molecule has 1 aliphatic rings. The van der Waals surface area contributed by atoms with Crippen molar-refractivity contribution in [1.82, 2.24) is 9.88 Å². The summed E-state index contributed by atoms with van der Waals surface area (Å²) in [7, 11) is 0. The highest BCUT2D eigenvalue weighted by atomic mass is 16.3. The number of piperidine rings is 1. The van der Waals surface area contributed by atoms with Crippen LogP contribution in [0.15, 0.2) is 72.8 Å². The molecule has 3 nitrogen and oxygen atoms in total. The van der Waals surface area contributed by atoms with Crippen LogP contribution in [0.1, 0.15) is 35.6 Å². The van der Waals surface area contributed by atoms with Gasteiger partial charge in [0.25, 0.3) is 0 Å². The maximum atomic E-state index is 9.23. The summed E-state index contributed by atoms with van der Waals surface area (Å²) in [5, 5.41) is 9.23. The molecule has 0 radical (unpaired) electrons. The molecule has 1 aromatic heterocycles. The molecule has 0 amide bonds. The van der Waals surface area contributed by atoms with Gasteiger partial charge in [-0.1, -0.05) is 60.7 Å². The van der Waals surface area contributed by atoms with Gasteiger partial charge in [0, 0.05) is 30.3 Å². The van der Waals surface area contributed by atoms with Crippen LogP contribution in [-0.2, 0) is 13.0 Å². The third-order valence-electron chi connectivity index (χ3n) is 5.69. The lowest BCUT2D eigenvalue weighted by atomic mass is 9.93. The lowest BCUT2D eigenvalue weighted by Crippen LogP contribution is -2.36. The summed E-state index contributed by atoms with van der Waals surface area (Å²) in [5.74, 6) is 0.501.